The number of hydrogen-bond acceptors (Lipinski definition) is 4. The molecule has 0 aliphatic heterocycles. The van der Waals surface area contributed by atoms with E-state index in [2.05, 4.69) is 10.3 Å². The van der Waals surface area contributed by atoms with E-state index in [1.807, 2.05) is 0 Å². The second kappa shape index (κ2) is 5.11. The van der Waals surface area contributed by atoms with Crippen molar-refractivity contribution in [1.82, 2.24) is 10.3 Å². The van der Waals surface area contributed by atoms with Gasteiger partial charge in [-0.05, 0) is 6.07 Å². The summed E-state index contributed by atoms with van der Waals surface area (Å²) in [7, 11) is 3.16. The van der Waals surface area contributed by atoms with E-state index in [0.717, 1.165) is 0 Å². The van der Waals surface area contributed by atoms with E-state index in [4.69, 9.17) is 5.11 Å². The summed E-state index contributed by atoms with van der Waals surface area (Å²) < 4.78 is 0. The number of amides is 1. The number of hydrogen-bond donors (Lipinski definition) is 2. The third kappa shape index (κ3) is 2.69. The van der Waals surface area contributed by atoms with Crippen LogP contribution in [0.25, 0.3) is 0 Å². The smallest absolute Gasteiger partial charge is 0.337 e. The van der Waals surface area contributed by atoms with Crippen molar-refractivity contribution in [3.05, 3.63) is 24.0 Å². The van der Waals surface area contributed by atoms with Crippen LogP contribution in [0.4, 0.5) is 5.69 Å². The molecular weight excluding hydrogens is 210 g/mol. The molecule has 86 valence electrons. The summed E-state index contributed by atoms with van der Waals surface area (Å²) in [6, 6.07) is 1.40. The van der Waals surface area contributed by atoms with Crippen LogP contribution in [0.15, 0.2) is 18.5 Å². The lowest BCUT2D eigenvalue weighted by molar-refractivity contribution is -0.119. The average Bonchev–Trinajstić information content (AvgIpc) is 2.28. The first kappa shape index (κ1) is 12.0. The summed E-state index contributed by atoms with van der Waals surface area (Å²) in [5.41, 5.74) is 0.542. The van der Waals surface area contributed by atoms with Crippen LogP contribution in [-0.2, 0) is 4.79 Å². The summed E-state index contributed by atoms with van der Waals surface area (Å²) >= 11 is 0. The fraction of sp³-hybridized carbons (Fsp3) is 0.300. The van der Waals surface area contributed by atoms with E-state index in [1.54, 1.807) is 7.05 Å². The molecule has 2 N–H and O–H groups in total. The lowest BCUT2D eigenvalue weighted by atomic mass is 10.2. The predicted molar refractivity (Wildman–Crippen MR) is 58.5 cm³/mol. The first-order valence-electron chi connectivity index (χ1n) is 4.65. The number of carbonyl (C=O) groups is 2. The van der Waals surface area contributed by atoms with Gasteiger partial charge in [0.15, 0.2) is 0 Å². The Labute approximate surface area is 92.9 Å². The standard InChI is InChI=1S/C10H13N3O3/c1-11-9(14)6-13(2)8-5-12-4-3-7(8)10(15)16/h3-5H,6H2,1-2H3,(H,11,14)(H,15,16). The molecule has 0 aliphatic carbocycles. The minimum atomic E-state index is -1.04. The monoisotopic (exact) mass is 223 g/mol. The number of carboxylic acid groups (broad SMARTS) is 1. The third-order valence-electron chi connectivity index (χ3n) is 2.10. The third-order valence-corrected chi connectivity index (χ3v) is 2.10. The zero-order chi connectivity index (χ0) is 12.1. The molecule has 1 rings (SSSR count). The maximum atomic E-state index is 11.2. The number of nitrogens with zero attached hydrogens (tertiary/aromatic N) is 2. The van der Waals surface area contributed by atoms with Crippen molar-refractivity contribution in [3.8, 4) is 0 Å². The van der Waals surface area contributed by atoms with Crippen LogP contribution in [0.5, 0.6) is 0 Å². The van der Waals surface area contributed by atoms with E-state index in [0.29, 0.717) is 5.69 Å². The SMILES string of the molecule is CNC(=O)CN(C)c1cnccc1C(=O)O. The lowest BCUT2D eigenvalue weighted by Crippen LogP contribution is -2.33. The number of likely N-dealkylation sites (N-methyl/N-ethyl adjacent to an activating group) is 2. The molecule has 0 fully saturated rings. The Morgan fingerprint density at radius 2 is 2.25 bits per heavy atom. The molecule has 0 saturated carbocycles. The molecule has 0 radical (unpaired) electrons. The highest BCUT2D eigenvalue weighted by Crippen LogP contribution is 2.17. The van der Waals surface area contributed by atoms with Crippen LogP contribution in [0.2, 0.25) is 0 Å². The number of rotatable bonds is 4. The molecule has 1 aromatic heterocycles. The summed E-state index contributed by atoms with van der Waals surface area (Å²) in [5, 5.41) is 11.4. The van der Waals surface area contributed by atoms with Crippen molar-refractivity contribution in [3.63, 3.8) is 0 Å². The van der Waals surface area contributed by atoms with Gasteiger partial charge >= 0.3 is 5.97 Å². The normalized spacial score (nSPS) is 9.62. The van der Waals surface area contributed by atoms with E-state index < -0.39 is 5.97 Å². The highest BCUT2D eigenvalue weighted by atomic mass is 16.4. The Morgan fingerprint density at radius 1 is 1.56 bits per heavy atom. The second-order valence-corrected chi connectivity index (χ2v) is 3.23. The zero-order valence-electron chi connectivity index (χ0n) is 9.10. The summed E-state index contributed by atoms with van der Waals surface area (Å²) in [4.78, 5) is 27.5. The summed E-state index contributed by atoms with van der Waals surface area (Å²) in [6.07, 6.45) is 2.83. The Morgan fingerprint density at radius 3 is 2.81 bits per heavy atom. The first-order valence-corrected chi connectivity index (χ1v) is 4.65. The van der Waals surface area contributed by atoms with Gasteiger partial charge in [0.1, 0.15) is 0 Å². The average molecular weight is 223 g/mol. The van der Waals surface area contributed by atoms with Gasteiger partial charge in [0, 0.05) is 20.3 Å². The van der Waals surface area contributed by atoms with Gasteiger partial charge in [-0.2, -0.15) is 0 Å². The zero-order valence-corrected chi connectivity index (χ0v) is 9.10. The Balaban J connectivity index is 2.94. The molecule has 1 heterocycles. The summed E-state index contributed by atoms with van der Waals surface area (Å²) in [6.45, 7) is 0.0858. The molecule has 0 aliphatic rings. The molecule has 0 aromatic carbocycles. The van der Waals surface area contributed by atoms with Gasteiger partial charge in [-0.3, -0.25) is 9.78 Å². The quantitative estimate of drug-likeness (QED) is 0.748. The van der Waals surface area contributed by atoms with Crippen LogP contribution < -0.4 is 10.2 Å². The number of anilines is 1. The second-order valence-electron chi connectivity index (χ2n) is 3.23. The van der Waals surface area contributed by atoms with Crippen molar-refractivity contribution in [2.24, 2.45) is 0 Å². The fourth-order valence-electron chi connectivity index (χ4n) is 1.25. The van der Waals surface area contributed by atoms with Crippen molar-refractivity contribution in [1.29, 1.82) is 0 Å². The minimum absolute atomic E-state index is 0.0858. The van der Waals surface area contributed by atoms with Crippen molar-refractivity contribution < 1.29 is 14.7 Å². The number of pyridine rings is 1. The largest absolute Gasteiger partial charge is 0.478 e. The molecular formula is C10H13N3O3. The number of nitrogens with one attached hydrogen (secondary N) is 1. The summed E-state index contributed by atoms with van der Waals surface area (Å²) in [5.74, 6) is -1.23. The van der Waals surface area contributed by atoms with E-state index in [9.17, 15) is 9.59 Å². The fourth-order valence-corrected chi connectivity index (χ4v) is 1.25. The number of aromatic carboxylic acids is 1. The highest BCUT2D eigenvalue weighted by Gasteiger charge is 2.14. The molecule has 16 heavy (non-hydrogen) atoms. The van der Waals surface area contributed by atoms with Gasteiger partial charge in [0.05, 0.1) is 24.0 Å². The Hall–Kier alpha value is -2.11. The molecule has 0 saturated heterocycles. The van der Waals surface area contributed by atoms with Gasteiger partial charge in [-0.1, -0.05) is 0 Å². The molecule has 6 heteroatoms. The minimum Gasteiger partial charge on any atom is -0.478 e. The molecule has 0 bridgehead atoms. The van der Waals surface area contributed by atoms with E-state index in [1.165, 1.54) is 30.4 Å². The lowest BCUT2D eigenvalue weighted by Gasteiger charge is -2.19. The molecule has 6 nitrogen and oxygen atoms in total. The predicted octanol–water partition coefficient (Wildman–Crippen LogP) is -0.0380. The molecule has 0 atom stereocenters. The number of carboxylic acids is 1. The first-order chi connectivity index (χ1) is 7.56. The van der Waals surface area contributed by atoms with Crippen molar-refractivity contribution in [2.75, 3.05) is 25.5 Å². The molecule has 0 unspecified atom stereocenters. The van der Waals surface area contributed by atoms with Crippen LogP contribution in [0.1, 0.15) is 10.4 Å². The van der Waals surface area contributed by atoms with Gasteiger partial charge in [-0.15, -0.1) is 0 Å². The maximum Gasteiger partial charge on any atom is 0.337 e. The van der Waals surface area contributed by atoms with Gasteiger partial charge in [-0.25, -0.2) is 4.79 Å². The van der Waals surface area contributed by atoms with Crippen LogP contribution in [0.3, 0.4) is 0 Å². The van der Waals surface area contributed by atoms with Crippen molar-refractivity contribution in [2.45, 2.75) is 0 Å². The van der Waals surface area contributed by atoms with Gasteiger partial charge in [0.25, 0.3) is 0 Å². The van der Waals surface area contributed by atoms with Crippen LogP contribution >= 0.6 is 0 Å². The Kier molecular flexibility index (Phi) is 3.82. The Bertz CT molecular complexity index is 406. The van der Waals surface area contributed by atoms with Crippen LogP contribution in [-0.4, -0.2) is 42.6 Å². The molecule has 0 spiro atoms. The van der Waals surface area contributed by atoms with Gasteiger partial charge < -0.3 is 15.3 Å². The topological polar surface area (TPSA) is 82.5 Å². The molecule has 1 aromatic rings. The maximum absolute atomic E-state index is 11.2. The number of aromatic nitrogens is 1. The van der Waals surface area contributed by atoms with E-state index in [-0.39, 0.29) is 18.0 Å². The highest BCUT2D eigenvalue weighted by molar-refractivity contribution is 5.95. The van der Waals surface area contributed by atoms with E-state index >= 15 is 0 Å². The van der Waals surface area contributed by atoms with Crippen molar-refractivity contribution >= 4 is 17.6 Å². The van der Waals surface area contributed by atoms with Gasteiger partial charge in [0.2, 0.25) is 5.91 Å². The number of carbonyl (C=O) groups excluding carboxylic acids is 1. The van der Waals surface area contributed by atoms with Crippen LogP contribution in [0, 0.1) is 0 Å². The molecule has 1 amide bonds.